The van der Waals surface area contributed by atoms with Gasteiger partial charge in [0.1, 0.15) is 12.0 Å². The largest absolute Gasteiger partial charge is 0.497 e. The molecule has 0 spiro atoms. The number of methoxy groups -OCH3 is 3. The number of carbonyl (C=O) groups is 1. The molecule has 138 valence electrons. The summed E-state index contributed by atoms with van der Waals surface area (Å²) in [7, 11) is 4.71. The van der Waals surface area contributed by atoms with Crippen LogP contribution in [0, 0.1) is 0 Å². The van der Waals surface area contributed by atoms with E-state index in [-0.39, 0.29) is 6.42 Å². The van der Waals surface area contributed by atoms with Crippen molar-refractivity contribution in [2.45, 2.75) is 12.8 Å². The van der Waals surface area contributed by atoms with Crippen molar-refractivity contribution in [3.63, 3.8) is 0 Å². The smallest absolute Gasteiger partial charge is 0.315 e. The van der Waals surface area contributed by atoms with Gasteiger partial charge in [-0.1, -0.05) is 18.2 Å². The third-order valence-corrected chi connectivity index (χ3v) is 3.71. The minimum Gasteiger partial charge on any atom is -0.497 e. The van der Waals surface area contributed by atoms with Gasteiger partial charge >= 0.3 is 5.97 Å². The molecular formula is C20H23NO5. The van der Waals surface area contributed by atoms with Gasteiger partial charge in [-0.3, -0.25) is 4.79 Å². The Balaban J connectivity index is 1.91. The lowest BCUT2D eigenvalue weighted by atomic mass is 10.1. The van der Waals surface area contributed by atoms with E-state index in [4.69, 9.17) is 24.7 Å². The molecule has 0 radical (unpaired) electrons. The second kappa shape index (κ2) is 9.36. The van der Waals surface area contributed by atoms with Gasteiger partial charge in [0.05, 0.1) is 27.8 Å². The number of ether oxygens (including phenoxy) is 4. The molecule has 0 saturated heterocycles. The first-order valence-corrected chi connectivity index (χ1v) is 8.03. The highest BCUT2D eigenvalue weighted by Crippen LogP contribution is 2.27. The van der Waals surface area contributed by atoms with E-state index in [1.165, 1.54) is 6.26 Å². The summed E-state index contributed by atoms with van der Waals surface area (Å²) < 4.78 is 20.6. The zero-order chi connectivity index (χ0) is 18.9. The van der Waals surface area contributed by atoms with Crippen LogP contribution in [0.5, 0.6) is 17.2 Å². The molecule has 0 bridgehead atoms. The maximum atomic E-state index is 12.0. The van der Waals surface area contributed by atoms with Crippen LogP contribution in [0.4, 0.5) is 0 Å². The second-order valence-corrected chi connectivity index (χ2v) is 5.57. The van der Waals surface area contributed by atoms with E-state index in [1.54, 1.807) is 39.5 Å². The molecule has 0 saturated carbocycles. The fourth-order valence-electron chi connectivity index (χ4n) is 2.36. The molecule has 2 aromatic rings. The Bertz CT molecular complexity index is 768. The molecule has 0 aliphatic heterocycles. The van der Waals surface area contributed by atoms with Crippen LogP contribution in [0.15, 0.2) is 54.4 Å². The molecule has 2 N–H and O–H groups in total. The SMILES string of the molecule is COc1ccc(C/C(N)=C/OC(=O)Cc2ccc(OC)c(OC)c2)cc1. The molecule has 6 heteroatoms. The second-order valence-electron chi connectivity index (χ2n) is 5.57. The summed E-state index contributed by atoms with van der Waals surface area (Å²) in [5.74, 6) is 1.54. The number of esters is 1. The van der Waals surface area contributed by atoms with Crippen LogP contribution in [0.1, 0.15) is 11.1 Å². The summed E-state index contributed by atoms with van der Waals surface area (Å²) in [5.41, 5.74) is 8.13. The third kappa shape index (κ3) is 5.44. The first-order valence-electron chi connectivity index (χ1n) is 8.03. The lowest BCUT2D eigenvalue weighted by Crippen LogP contribution is -2.08. The summed E-state index contributed by atoms with van der Waals surface area (Å²) in [6.07, 6.45) is 1.87. The number of nitrogens with two attached hydrogens (primary N) is 1. The quantitative estimate of drug-likeness (QED) is 0.578. The normalized spacial score (nSPS) is 11.0. The van der Waals surface area contributed by atoms with E-state index in [2.05, 4.69) is 0 Å². The Labute approximate surface area is 153 Å². The zero-order valence-electron chi connectivity index (χ0n) is 15.2. The minimum absolute atomic E-state index is 0.104. The molecule has 0 aliphatic carbocycles. The Morgan fingerprint density at radius 3 is 2.15 bits per heavy atom. The minimum atomic E-state index is -0.407. The summed E-state index contributed by atoms with van der Waals surface area (Å²) in [6.45, 7) is 0. The topological polar surface area (TPSA) is 80.0 Å². The predicted molar refractivity (Wildman–Crippen MR) is 98.3 cm³/mol. The molecule has 6 nitrogen and oxygen atoms in total. The summed E-state index contributed by atoms with van der Waals surface area (Å²) in [6, 6.07) is 12.8. The lowest BCUT2D eigenvalue weighted by molar-refractivity contribution is -0.137. The molecule has 2 aromatic carbocycles. The number of hydrogen-bond donors (Lipinski definition) is 1. The van der Waals surface area contributed by atoms with Crippen LogP contribution in [-0.4, -0.2) is 27.3 Å². The Morgan fingerprint density at radius 1 is 0.885 bits per heavy atom. The average Bonchev–Trinajstić information content (AvgIpc) is 2.67. The van der Waals surface area contributed by atoms with Crippen LogP contribution < -0.4 is 19.9 Å². The molecule has 0 unspecified atom stereocenters. The molecule has 0 atom stereocenters. The van der Waals surface area contributed by atoms with Gasteiger partial charge in [0, 0.05) is 12.1 Å². The summed E-state index contributed by atoms with van der Waals surface area (Å²) in [5, 5.41) is 0. The third-order valence-electron chi connectivity index (χ3n) is 3.71. The molecule has 0 aliphatic rings. The van der Waals surface area contributed by atoms with E-state index < -0.39 is 5.97 Å². The highest BCUT2D eigenvalue weighted by molar-refractivity contribution is 5.73. The maximum Gasteiger partial charge on any atom is 0.315 e. The monoisotopic (exact) mass is 357 g/mol. The number of rotatable bonds is 8. The molecule has 0 amide bonds. The predicted octanol–water partition coefficient (Wildman–Crippen LogP) is 2.84. The summed E-state index contributed by atoms with van der Waals surface area (Å²) >= 11 is 0. The standard InChI is InChI=1S/C20H23NO5/c1-23-17-7-4-14(5-8-17)10-16(21)13-26-20(22)12-15-6-9-18(24-2)19(11-15)25-3/h4-9,11,13H,10,12,21H2,1-3H3/b16-13-. The fourth-order valence-corrected chi connectivity index (χ4v) is 2.36. The molecule has 0 aromatic heterocycles. The zero-order valence-corrected chi connectivity index (χ0v) is 15.2. The van der Waals surface area contributed by atoms with Gasteiger partial charge in [-0.05, 0) is 35.4 Å². The van der Waals surface area contributed by atoms with E-state index >= 15 is 0 Å². The van der Waals surface area contributed by atoms with Crippen molar-refractivity contribution in [2.24, 2.45) is 5.73 Å². The Hall–Kier alpha value is -3.15. The molecule has 2 rings (SSSR count). The van der Waals surface area contributed by atoms with Gasteiger partial charge in [-0.2, -0.15) is 0 Å². The maximum absolute atomic E-state index is 12.0. The Morgan fingerprint density at radius 2 is 1.54 bits per heavy atom. The Kier molecular flexibility index (Phi) is 6.91. The van der Waals surface area contributed by atoms with Crippen molar-refractivity contribution in [3.05, 3.63) is 65.6 Å². The number of benzene rings is 2. The van der Waals surface area contributed by atoms with E-state index in [0.717, 1.165) is 16.9 Å². The molecule has 0 heterocycles. The molecule has 26 heavy (non-hydrogen) atoms. The van der Waals surface area contributed by atoms with Crippen molar-refractivity contribution in [3.8, 4) is 17.2 Å². The first kappa shape index (κ1) is 19.2. The van der Waals surface area contributed by atoms with Crippen LogP contribution in [0.2, 0.25) is 0 Å². The number of hydrogen-bond acceptors (Lipinski definition) is 6. The van der Waals surface area contributed by atoms with Crippen LogP contribution >= 0.6 is 0 Å². The van der Waals surface area contributed by atoms with Gasteiger partial charge in [0.25, 0.3) is 0 Å². The lowest BCUT2D eigenvalue weighted by Gasteiger charge is -2.09. The number of carbonyl (C=O) groups excluding carboxylic acids is 1. The fraction of sp³-hybridized carbons (Fsp3) is 0.250. The van der Waals surface area contributed by atoms with Crippen LogP contribution in [0.25, 0.3) is 0 Å². The van der Waals surface area contributed by atoms with E-state index in [1.807, 2.05) is 24.3 Å². The first-order chi connectivity index (χ1) is 12.5. The van der Waals surface area contributed by atoms with Gasteiger partial charge in [0.15, 0.2) is 11.5 Å². The van der Waals surface area contributed by atoms with Crippen LogP contribution in [0.3, 0.4) is 0 Å². The van der Waals surface area contributed by atoms with Gasteiger partial charge in [-0.25, -0.2) is 0 Å². The van der Waals surface area contributed by atoms with Gasteiger partial charge < -0.3 is 24.7 Å². The average molecular weight is 357 g/mol. The van der Waals surface area contributed by atoms with E-state index in [9.17, 15) is 4.79 Å². The molecular weight excluding hydrogens is 334 g/mol. The van der Waals surface area contributed by atoms with Crippen LogP contribution in [-0.2, 0) is 22.4 Å². The van der Waals surface area contributed by atoms with Crippen molar-refractivity contribution in [1.82, 2.24) is 0 Å². The van der Waals surface area contributed by atoms with Crippen molar-refractivity contribution >= 4 is 5.97 Å². The van der Waals surface area contributed by atoms with E-state index in [0.29, 0.717) is 23.6 Å². The van der Waals surface area contributed by atoms with Gasteiger partial charge in [-0.15, -0.1) is 0 Å². The van der Waals surface area contributed by atoms with Gasteiger partial charge in [0.2, 0.25) is 0 Å². The highest BCUT2D eigenvalue weighted by atomic mass is 16.5. The highest BCUT2D eigenvalue weighted by Gasteiger charge is 2.09. The van der Waals surface area contributed by atoms with Crippen molar-refractivity contribution in [2.75, 3.05) is 21.3 Å². The number of allylic oxidation sites excluding steroid dienone is 1. The molecule has 0 fully saturated rings. The van der Waals surface area contributed by atoms with Crippen molar-refractivity contribution in [1.29, 1.82) is 0 Å². The van der Waals surface area contributed by atoms with Crippen molar-refractivity contribution < 1.29 is 23.7 Å². The summed E-state index contributed by atoms with van der Waals surface area (Å²) in [4.78, 5) is 12.0.